The quantitative estimate of drug-likeness (QED) is 0.625. The first-order chi connectivity index (χ1) is 14.4. The van der Waals surface area contributed by atoms with Crippen LogP contribution in [0.25, 0.3) is 0 Å². The lowest BCUT2D eigenvalue weighted by Gasteiger charge is -2.41. The van der Waals surface area contributed by atoms with Gasteiger partial charge in [-0.25, -0.2) is 0 Å². The molecule has 0 aromatic carbocycles. The third kappa shape index (κ3) is 3.55. The summed E-state index contributed by atoms with van der Waals surface area (Å²) >= 11 is 0. The second kappa shape index (κ2) is 7.73. The fraction of sp³-hybridized carbons (Fsp3) is 0.909. The van der Waals surface area contributed by atoms with Crippen molar-refractivity contribution in [3.63, 3.8) is 0 Å². The maximum atomic E-state index is 12.0. The van der Waals surface area contributed by atoms with E-state index in [-0.39, 0.29) is 0 Å². The number of ether oxygens (including phenoxy) is 6. The second-order valence-electron chi connectivity index (χ2n) is 9.42. The summed E-state index contributed by atoms with van der Waals surface area (Å²) in [4.78, 5) is 24.0. The average Bonchev–Trinajstić information content (AvgIpc) is 3.24. The molecule has 0 aromatic rings. The van der Waals surface area contributed by atoms with Gasteiger partial charge in [-0.2, -0.15) is 0 Å². The Hall–Kier alpha value is -1.22. The lowest BCUT2D eigenvalue weighted by molar-refractivity contribution is -0.227. The van der Waals surface area contributed by atoms with Crippen molar-refractivity contribution in [1.82, 2.24) is 0 Å². The maximum Gasteiger partial charge on any atom is 0.303 e. The van der Waals surface area contributed by atoms with E-state index in [1.54, 1.807) is 0 Å². The second-order valence-corrected chi connectivity index (χ2v) is 9.42. The highest BCUT2D eigenvalue weighted by molar-refractivity contribution is 5.67. The molecule has 2 heterocycles. The standard InChI is InChI=1S/C22H32O8/c1-13(23)25-15-17-19(29-21(27-17)9-5-3-6-10-21)16(26-14(2)24)20-18(15)28-22(30-20)11-7-4-8-12-22/h15-20H,3-12H2,1-2H3/t15?,16?,17-,18-,19-,20+/m1/s1. The van der Waals surface area contributed by atoms with E-state index in [0.717, 1.165) is 64.2 Å². The Bertz CT molecular complexity index is 595. The van der Waals surface area contributed by atoms with Gasteiger partial charge in [-0.3, -0.25) is 9.59 Å². The van der Waals surface area contributed by atoms with Crippen molar-refractivity contribution in [3.8, 4) is 0 Å². The molecule has 5 rings (SSSR count). The number of hydrogen-bond acceptors (Lipinski definition) is 8. The summed E-state index contributed by atoms with van der Waals surface area (Å²) < 4.78 is 37.4. The van der Waals surface area contributed by atoms with Gasteiger partial charge in [-0.05, 0) is 25.7 Å². The highest BCUT2D eigenvalue weighted by atomic mass is 16.8. The summed E-state index contributed by atoms with van der Waals surface area (Å²) in [5.41, 5.74) is 0. The van der Waals surface area contributed by atoms with Gasteiger partial charge in [0, 0.05) is 39.5 Å². The van der Waals surface area contributed by atoms with Crippen molar-refractivity contribution in [2.45, 2.75) is 126 Å². The average molecular weight is 424 g/mol. The normalized spacial score (nSPS) is 41.3. The SMILES string of the molecule is CC(=O)OC1[C@H]2OC3(CCCCC3)O[C@@H]2C(OC(C)=O)[C@@H]2OC3(CCCCC3)O[C@H]12. The van der Waals surface area contributed by atoms with Crippen molar-refractivity contribution >= 4 is 11.9 Å². The molecule has 6 atom stereocenters. The number of esters is 2. The van der Waals surface area contributed by atoms with Gasteiger partial charge in [0.25, 0.3) is 0 Å². The Balaban J connectivity index is 1.49. The van der Waals surface area contributed by atoms with E-state index in [9.17, 15) is 9.59 Å². The van der Waals surface area contributed by atoms with E-state index in [4.69, 9.17) is 28.4 Å². The topological polar surface area (TPSA) is 89.5 Å². The molecule has 0 radical (unpaired) electrons. The van der Waals surface area contributed by atoms with Crippen LogP contribution >= 0.6 is 0 Å². The number of fused-ring (bicyclic) bond motifs is 2. The summed E-state index contributed by atoms with van der Waals surface area (Å²) in [5.74, 6) is -2.23. The number of rotatable bonds is 2. The van der Waals surface area contributed by atoms with Crippen molar-refractivity contribution in [2.24, 2.45) is 0 Å². The molecule has 3 saturated carbocycles. The van der Waals surface area contributed by atoms with E-state index < -0.39 is 60.1 Å². The molecule has 2 spiro atoms. The highest BCUT2D eigenvalue weighted by Gasteiger charge is 2.68. The number of carbonyl (C=O) groups excluding carboxylic acids is 2. The van der Waals surface area contributed by atoms with Crippen LogP contribution in [0.2, 0.25) is 0 Å². The van der Waals surface area contributed by atoms with Crippen molar-refractivity contribution in [1.29, 1.82) is 0 Å². The molecule has 2 aliphatic heterocycles. The third-order valence-corrected chi connectivity index (χ3v) is 7.18. The fourth-order valence-electron chi connectivity index (χ4n) is 6.01. The van der Waals surface area contributed by atoms with Crippen LogP contribution in [-0.4, -0.2) is 60.1 Å². The first-order valence-corrected chi connectivity index (χ1v) is 11.5. The van der Waals surface area contributed by atoms with Crippen LogP contribution in [0.15, 0.2) is 0 Å². The predicted octanol–water partition coefficient (Wildman–Crippen LogP) is 2.75. The number of hydrogen-bond donors (Lipinski definition) is 0. The first kappa shape index (κ1) is 20.7. The molecule has 168 valence electrons. The molecule has 0 aromatic heterocycles. The molecule has 2 unspecified atom stereocenters. The molecule has 8 heteroatoms. The molecular formula is C22H32O8. The van der Waals surface area contributed by atoms with Crippen LogP contribution in [-0.2, 0) is 38.0 Å². The van der Waals surface area contributed by atoms with Gasteiger partial charge >= 0.3 is 11.9 Å². The molecule has 30 heavy (non-hydrogen) atoms. The van der Waals surface area contributed by atoms with E-state index in [1.807, 2.05) is 0 Å². The summed E-state index contributed by atoms with van der Waals surface area (Å²) in [6.07, 6.45) is 5.91. The van der Waals surface area contributed by atoms with Crippen LogP contribution in [0.5, 0.6) is 0 Å². The summed E-state index contributed by atoms with van der Waals surface area (Å²) in [6, 6.07) is 0. The van der Waals surface area contributed by atoms with E-state index >= 15 is 0 Å². The van der Waals surface area contributed by atoms with E-state index in [2.05, 4.69) is 0 Å². The van der Waals surface area contributed by atoms with Gasteiger partial charge in [0.15, 0.2) is 23.8 Å². The predicted molar refractivity (Wildman–Crippen MR) is 102 cm³/mol. The van der Waals surface area contributed by atoms with Crippen molar-refractivity contribution in [3.05, 3.63) is 0 Å². The lowest BCUT2D eigenvalue weighted by atomic mass is 9.84. The Morgan fingerprint density at radius 2 is 0.900 bits per heavy atom. The van der Waals surface area contributed by atoms with Crippen LogP contribution in [0, 0.1) is 0 Å². The molecule has 0 amide bonds. The zero-order valence-corrected chi connectivity index (χ0v) is 17.8. The van der Waals surface area contributed by atoms with Gasteiger partial charge in [-0.15, -0.1) is 0 Å². The Morgan fingerprint density at radius 3 is 1.17 bits per heavy atom. The van der Waals surface area contributed by atoms with Crippen molar-refractivity contribution < 1.29 is 38.0 Å². The van der Waals surface area contributed by atoms with Gasteiger partial charge in [0.2, 0.25) is 0 Å². The van der Waals surface area contributed by atoms with Crippen LogP contribution < -0.4 is 0 Å². The number of carbonyl (C=O) groups is 2. The Kier molecular flexibility index (Phi) is 5.32. The van der Waals surface area contributed by atoms with Crippen LogP contribution in [0.1, 0.15) is 78.1 Å². The molecular weight excluding hydrogens is 392 g/mol. The van der Waals surface area contributed by atoms with Gasteiger partial charge < -0.3 is 28.4 Å². The Labute approximate surface area is 176 Å². The minimum atomic E-state index is -0.717. The molecule has 0 N–H and O–H groups in total. The monoisotopic (exact) mass is 424 g/mol. The maximum absolute atomic E-state index is 12.0. The molecule has 8 nitrogen and oxygen atoms in total. The molecule has 2 saturated heterocycles. The lowest BCUT2D eigenvalue weighted by Crippen LogP contribution is -2.63. The summed E-state index contributed by atoms with van der Waals surface area (Å²) in [7, 11) is 0. The molecule has 0 bridgehead atoms. The van der Waals surface area contributed by atoms with Crippen molar-refractivity contribution in [2.75, 3.05) is 0 Å². The Morgan fingerprint density at radius 1 is 0.600 bits per heavy atom. The van der Waals surface area contributed by atoms with Gasteiger partial charge in [0.1, 0.15) is 24.4 Å². The van der Waals surface area contributed by atoms with Gasteiger partial charge in [-0.1, -0.05) is 12.8 Å². The van der Waals surface area contributed by atoms with Crippen LogP contribution in [0.3, 0.4) is 0 Å². The zero-order valence-electron chi connectivity index (χ0n) is 17.8. The smallest absolute Gasteiger partial charge is 0.303 e. The molecule has 5 aliphatic rings. The van der Waals surface area contributed by atoms with E-state index in [1.165, 1.54) is 13.8 Å². The van der Waals surface area contributed by atoms with Crippen LogP contribution in [0.4, 0.5) is 0 Å². The molecule has 3 aliphatic carbocycles. The van der Waals surface area contributed by atoms with E-state index in [0.29, 0.717) is 0 Å². The molecule has 5 fully saturated rings. The zero-order chi connectivity index (χ0) is 20.9. The minimum Gasteiger partial charge on any atom is -0.457 e. The summed E-state index contributed by atoms with van der Waals surface area (Å²) in [5, 5.41) is 0. The third-order valence-electron chi connectivity index (χ3n) is 7.18. The summed E-state index contributed by atoms with van der Waals surface area (Å²) in [6.45, 7) is 2.78. The van der Waals surface area contributed by atoms with Gasteiger partial charge in [0.05, 0.1) is 0 Å². The minimum absolute atomic E-state index is 0.398. The highest BCUT2D eigenvalue weighted by Crippen LogP contribution is 2.52. The largest absolute Gasteiger partial charge is 0.457 e. The fourth-order valence-corrected chi connectivity index (χ4v) is 6.01. The first-order valence-electron chi connectivity index (χ1n) is 11.5.